The third-order valence-electron chi connectivity index (χ3n) is 3.27. The van der Waals surface area contributed by atoms with Gasteiger partial charge in [-0.15, -0.1) is 0 Å². The summed E-state index contributed by atoms with van der Waals surface area (Å²) in [7, 11) is 2.00. The van der Waals surface area contributed by atoms with Crippen LogP contribution in [-0.2, 0) is 19.6 Å². The number of hydrogen-bond acceptors (Lipinski definition) is 2. The molecule has 1 aliphatic rings. The van der Waals surface area contributed by atoms with Crippen LogP contribution >= 0.6 is 0 Å². The van der Waals surface area contributed by atoms with Crippen molar-refractivity contribution in [2.24, 2.45) is 0 Å². The molecule has 1 aliphatic heterocycles. The Hall–Kier alpha value is -0.860. The zero-order chi connectivity index (χ0) is 11.4. The van der Waals surface area contributed by atoms with Gasteiger partial charge in [0.15, 0.2) is 0 Å². The summed E-state index contributed by atoms with van der Waals surface area (Å²) in [5, 5.41) is 3.21. The van der Waals surface area contributed by atoms with Crippen LogP contribution in [0.4, 0.5) is 0 Å². The minimum atomic E-state index is 0.974. The zero-order valence-corrected chi connectivity index (χ0v) is 10.4. The molecule has 1 N–H and O–H groups in total. The lowest BCUT2D eigenvalue weighted by molar-refractivity contribution is 0.279. The lowest BCUT2D eigenvalue weighted by Gasteiger charge is -2.13. The van der Waals surface area contributed by atoms with Crippen molar-refractivity contribution in [1.82, 2.24) is 10.2 Å². The summed E-state index contributed by atoms with van der Waals surface area (Å²) >= 11 is 0. The van der Waals surface area contributed by atoms with E-state index in [9.17, 15) is 0 Å². The van der Waals surface area contributed by atoms with Gasteiger partial charge in [-0.1, -0.05) is 31.5 Å². The molecule has 1 aromatic rings. The standard InChI is InChI=1S/C14H22N2/c1-3-4-7-16-10-13-6-5-12(9-15-2)8-14(13)11-16/h5-6,8,15H,3-4,7,9-11H2,1-2H3. The molecule has 1 aromatic carbocycles. The predicted molar refractivity (Wildman–Crippen MR) is 68.2 cm³/mol. The molecule has 0 bridgehead atoms. The van der Waals surface area contributed by atoms with Crippen LogP contribution in [0.15, 0.2) is 18.2 Å². The second-order valence-electron chi connectivity index (χ2n) is 4.70. The van der Waals surface area contributed by atoms with E-state index in [2.05, 4.69) is 35.3 Å². The number of benzene rings is 1. The third kappa shape index (κ3) is 2.63. The Morgan fingerprint density at radius 1 is 1.25 bits per heavy atom. The minimum Gasteiger partial charge on any atom is -0.316 e. The van der Waals surface area contributed by atoms with Crippen molar-refractivity contribution in [3.05, 3.63) is 34.9 Å². The number of fused-ring (bicyclic) bond motifs is 1. The predicted octanol–water partition coefficient (Wildman–Crippen LogP) is 2.52. The molecular weight excluding hydrogens is 196 g/mol. The van der Waals surface area contributed by atoms with Gasteiger partial charge in [-0.2, -0.15) is 0 Å². The highest BCUT2D eigenvalue weighted by Gasteiger charge is 2.17. The second kappa shape index (κ2) is 5.46. The summed E-state index contributed by atoms with van der Waals surface area (Å²) in [6.45, 7) is 6.77. The van der Waals surface area contributed by atoms with Gasteiger partial charge in [0.05, 0.1) is 0 Å². The SMILES string of the molecule is CCCCN1Cc2ccc(CNC)cc2C1. The molecule has 0 atom stereocenters. The van der Waals surface area contributed by atoms with Crippen molar-refractivity contribution in [2.75, 3.05) is 13.6 Å². The molecule has 0 fully saturated rings. The molecule has 0 aromatic heterocycles. The Balaban J connectivity index is 2.00. The molecule has 0 aliphatic carbocycles. The van der Waals surface area contributed by atoms with E-state index in [1.165, 1.54) is 36.1 Å². The fraction of sp³-hybridized carbons (Fsp3) is 0.571. The first-order valence-corrected chi connectivity index (χ1v) is 6.31. The summed E-state index contributed by atoms with van der Waals surface area (Å²) in [5.74, 6) is 0. The Morgan fingerprint density at radius 3 is 2.81 bits per heavy atom. The Labute approximate surface area is 98.7 Å². The molecule has 16 heavy (non-hydrogen) atoms. The van der Waals surface area contributed by atoms with E-state index >= 15 is 0 Å². The number of nitrogens with one attached hydrogen (secondary N) is 1. The smallest absolute Gasteiger partial charge is 0.0240 e. The van der Waals surface area contributed by atoms with E-state index in [1.807, 2.05) is 7.05 Å². The highest BCUT2D eigenvalue weighted by atomic mass is 15.1. The summed E-state index contributed by atoms with van der Waals surface area (Å²) < 4.78 is 0. The zero-order valence-electron chi connectivity index (χ0n) is 10.4. The van der Waals surface area contributed by atoms with Crippen molar-refractivity contribution in [2.45, 2.75) is 39.4 Å². The van der Waals surface area contributed by atoms with E-state index < -0.39 is 0 Å². The van der Waals surface area contributed by atoms with Gasteiger partial charge in [-0.25, -0.2) is 0 Å². The monoisotopic (exact) mass is 218 g/mol. The molecule has 0 saturated carbocycles. The summed E-state index contributed by atoms with van der Waals surface area (Å²) in [5.41, 5.74) is 4.46. The van der Waals surface area contributed by atoms with Gasteiger partial charge in [0.25, 0.3) is 0 Å². The quantitative estimate of drug-likeness (QED) is 0.817. The highest BCUT2D eigenvalue weighted by molar-refractivity contribution is 5.34. The Kier molecular flexibility index (Phi) is 3.97. The fourth-order valence-electron chi connectivity index (χ4n) is 2.37. The van der Waals surface area contributed by atoms with Gasteiger partial charge in [0.2, 0.25) is 0 Å². The molecule has 0 spiro atoms. The van der Waals surface area contributed by atoms with Gasteiger partial charge in [0.1, 0.15) is 0 Å². The van der Waals surface area contributed by atoms with Crippen LogP contribution in [0.2, 0.25) is 0 Å². The van der Waals surface area contributed by atoms with E-state index in [-0.39, 0.29) is 0 Å². The van der Waals surface area contributed by atoms with Crippen molar-refractivity contribution >= 4 is 0 Å². The first-order valence-electron chi connectivity index (χ1n) is 6.31. The van der Waals surface area contributed by atoms with E-state index in [0.717, 1.165) is 19.6 Å². The minimum absolute atomic E-state index is 0.974. The molecule has 2 rings (SSSR count). The van der Waals surface area contributed by atoms with Gasteiger partial charge in [-0.05, 0) is 36.7 Å². The molecule has 1 heterocycles. The highest BCUT2D eigenvalue weighted by Crippen LogP contribution is 2.24. The van der Waals surface area contributed by atoms with Crippen LogP contribution in [0.25, 0.3) is 0 Å². The van der Waals surface area contributed by atoms with E-state index in [4.69, 9.17) is 0 Å². The van der Waals surface area contributed by atoms with Crippen LogP contribution in [0.3, 0.4) is 0 Å². The number of hydrogen-bond donors (Lipinski definition) is 1. The maximum atomic E-state index is 3.21. The van der Waals surface area contributed by atoms with E-state index in [1.54, 1.807) is 0 Å². The normalized spacial score (nSPS) is 15.4. The average Bonchev–Trinajstić information content (AvgIpc) is 2.68. The van der Waals surface area contributed by atoms with Crippen LogP contribution < -0.4 is 5.32 Å². The van der Waals surface area contributed by atoms with Crippen LogP contribution in [0, 0.1) is 0 Å². The summed E-state index contributed by atoms with van der Waals surface area (Å²) in [4.78, 5) is 2.55. The number of rotatable bonds is 5. The van der Waals surface area contributed by atoms with Gasteiger partial charge < -0.3 is 5.32 Å². The molecule has 0 saturated heterocycles. The maximum Gasteiger partial charge on any atom is 0.0240 e. The van der Waals surface area contributed by atoms with E-state index in [0.29, 0.717) is 0 Å². The topological polar surface area (TPSA) is 15.3 Å². The summed E-state index contributed by atoms with van der Waals surface area (Å²) in [6, 6.07) is 6.91. The van der Waals surface area contributed by atoms with Gasteiger partial charge in [-0.3, -0.25) is 4.90 Å². The van der Waals surface area contributed by atoms with Crippen LogP contribution in [-0.4, -0.2) is 18.5 Å². The first kappa shape index (κ1) is 11.6. The largest absolute Gasteiger partial charge is 0.316 e. The molecule has 88 valence electrons. The molecule has 0 unspecified atom stereocenters. The maximum absolute atomic E-state index is 3.21. The summed E-state index contributed by atoms with van der Waals surface area (Å²) in [6.07, 6.45) is 2.61. The lowest BCUT2D eigenvalue weighted by atomic mass is 10.1. The molecule has 0 amide bonds. The second-order valence-corrected chi connectivity index (χ2v) is 4.70. The Bertz CT molecular complexity index is 347. The van der Waals surface area contributed by atoms with Crippen LogP contribution in [0.5, 0.6) is 0 Å². The fourth-order valence-corrected chi connectivity index (χ4v) is 2.37. The molecule has 0 radical (unpaired) electrons. The molecular formula is C14H22N2. The average molecular weight is 218 g/mol. The third-order valence-corrected chi connectivity index (χ3v) is 3.27. The van der Waals surface area contributed by atoms with Crippen molar-refractivity contribution in [3.8, 4) is 0 Å². The van der Waals surface area contributed by atoms with Crippen molar-refractivity contribution < 1.29 is 0 Å². The number of nitrogens with zero attached hydrogens (tertiary/aromatic N) is 1. The molecule has 2 nitrogen and oxygen atoms in total. The van der Waals surface area contributed by atoms with Gasteiger partial charge in [0, 0.05) is 19.6 Å². The first-order chi connectivity index (χ1) is 7.83. The lowest BCUT2D eigenvalue weighted by Crippen LogP contribution is -2.17. The van der Waals surface area contributed by atoms with Crippen LogP contribution in [0.1, 0.15) is 36.5 Å². The van der Waals surface area contributed by atoms with Gasteiger partial charge >= 0.3 is 0 Å². The Morgan fingerprint density at radius 2 is 2.06 bits per heavy atom. The molecule has 2 heteroatoms. The van der Waals surface area contributed by atoms with Crippen molar-refractivity contribution in [3.63, 3.8) is 0 Å². The number of unbranched alkanes of at least 4 members (excludes halogenated alkanes) is 1. The van der Waals surface area contributed by atoms with Crippen molar-refractivity contribution in [1.29, 1.82) is 0 Å².